The Hall–Kier alpha value is -2.69. The molecule has 1 aromatic heterocycles. The maximum Gasteiger partial charge on any atom is 0.266 e. The molecular formula is C27H33ClN4O4S2. The highest BCUT2D eigenvalue weighted by atomic mass is 35.5. The van der Waals surface area contributed by atoms with E-state index in [9.17, 15) is 4.79 Å². The molecule has 1 saturated heterocycles. The molecule has 0 spiro atoms. The van der Waals surface area contributed by atoms with Crippen LogP contribution in [0, 0.1) is 11.8 Å². The van der Waals surface area contributed by atoms with E-state index in [-0.39, 0.29) is 30.3 Å². The number of rotatable bonds is 9. The zero-order valence-corrected chi connectivity index (χ0v) is 23.9. The van der Waals surface area contributed by atoms with Gasteiger partial charge in [-0.1, -0.05) is 30.4 Å². The number of hydrogen-bond acceptors (Lipinski definition) is 7. The van der Waals surface area contributed by atoms with Gasteiger partial charge in [0.05, 0.1) is 19.1 Å². The molecule has 3 aliphatic rings. The van der Waals surface area contributed by atoms with Crippen LogP contribution in [-0.4, -0.2) is 47.9 Å². The summed E-state index contributed by atoms with van der Waals surface area (Å²) in [5.41, 5.74) is 12.7. The largest absolute Gasteiger partial charge is 0.497 e. The van der Waals surface area contributed by atoms with Gasteiger partial charge in [-0.25, -0.2) is 0 Å². The van der Waals surface area contributed by atoms with Crippen molar-refractivity contribution < 1.29 is 18.7 Å². The molecule has 2 saturated carbocycles. The molecule has 5 rings (SSSR count). The SMILES string of the molecule is COc1cc(OC)cc(-c2cc(CCCN=C(N)N)c(/C=C3\SC(=S)N(C4CC5CCC4C5)C3=O)o2)c1.Cl. The average molecular weight is 577 g/mol. The Kier molecular flexibility index (Phi) is 8.95. The van der Waals surface area contributed by atoms with Crippen LogP contribution in [0.25, 0.3) is 17.4 Å². The predicted octanol–water partition coefficient (Wildman–Crippen LogP) is 4.98. The molecule has 2 aromatic rings. The minimum Gasteiger partial charge on any atom is -0.497 e. The smallest absolute Gasteiger partial charge is 0.266 e. The summed E-state index contributed by atoms with van der Waals surface area (Å²) >= 11 is 7.04. The molecule has 3 unspecified atom stereocenters. The second-order valence-electron chi connectivity index (χ2n) is 9.81. The second kappa shape index (κ2) is 12.0. The molecule has 1 aliphatic heterocycles. The number of aliphatic imine (C=N–C) groups is 1. The highest BCUT2D eigenvalue weighted by Crippen LogP contribution is 2.49. The molecule has 4 N–H and O–H groups in total. The first-order valence-electron chi connectivity index (χ1n) is 12.5. The van der Waals surface area contributed by atoms with Gasteiger partial charge in [0.2, 0.25) is 0 Å². The second-order valence-corrected chi connectivity index (χ2v) is 11.5. The quantitative estimate of drug-likeness (QED) is 0.141. The fourth-order valence-corrected chi connectivity index (χ4v) is 7.09. The summed E-state index contributed by atoms with van der Waals surface area (Å²) in [6.07, 6.45) is 7.99. The third kappa shape index (κ3) is 5.82. The number of nitrogens with zero attached hydrogens (tertiary/aromatic N) is 2. The van der Waals surface area contributed by atoms with Gasteiger partial charge in [0.25, 0.3) is 5.91 Å². The third-order valence-corrected chi connectivity index (χ3v) is 8.82. The number of carbonyl (C=O) groups excluding carboxylic acids is 1. The van der Waals surface area contributed by atoms with E-state index in [1.54, 1.807) is 14.2 Å². The number of fused-ring (bicyclic) bond motifs is 2. The first-order chi connectivity index (χ1) is 17.9. The first kappa shape index (κ1) is 28.3. The van der Waals surface area contributed by atoms with Crippen LogP contribution in [0.1, 0.15) is 43.4 Å². The Morgan fingerprint density at radius 1 is 1.18 bits per heavy atom. The fraction of sp³-hybridized carbons (Fsp3) is 0.444. The molecule has 3 fully saturated rings. The van der Waals surface area contributed by atoms with Crippen LogP contribution in [0.5, 0.6) is 11.5 Å². The maximum atomic E-state index is 13.5. The van der Waals surface area contributed by atoms with E-state index in [4.69, 9.17) is 37.6 Å². The van der Waals surface area contributed by atoms with Crippen molar-refractivity contribution in [1.82, 2.24) is 4.90 Å². The van der Waals surface area contributed by atoms with E-state index in [0.29, 0.717) is 51.1 Å². The van der Waals surface area contributed by atoms with Crippen molar-refractivity contribution in [2.45, 2.75) is 44.6 Å². The molecule has 38 heavy (non-hydrogen) atoms. The van der Waals surface area contributed by atoms with Gasteiger partial charge in [-0.15, -0.1) is 12.4 Å². The van der Waals surface area contributed by atoms with Crippen LogP contribution >= 0.6 is 36.4 Å². The molecule has 0 radical (unpaired) electrons. The summed E-state index contributed by atoms with van der Waals surface area (Å²) < 4.78 is 17.8. The number of guanidine groups is 1. The van der Waals surface area contributed by atoms with Crippen LogP contribution < -0.4 is 20.9 Å². The standard InChI is InChI=1S/C27H32N4O4S2.ClH/c1-33-19-10-18(11-20(13-19)34-2)22-12-17(4-3-7-30-26(28)29)23(35-22)14-24-25(32)31(27(36)37-24)21-9-15-5-6-16(21)8-15;/h10-16,21H,3-9H2,1-2H3,(H4,28,29,30);1H/b24-14-;. The first-order valence-corrected chi connectivity index (χ1v) is 13.8. The number of ether oxygens (including phenoxy) is 2. The lowest BCUT2D eigenvalue weighted by Crippen LogP contribution is -2.41. The molecule has 8 nitrogen and oxygen atoms in total. The monoisotopic (exact) mass is 576 g/mol. The molecule has 2 bridgehead atoms. The minimum absolute atomic E-state index is 0. The molecule has 2 aliphatic carbocycles. The summed E-state index contributed by atoms with van der Waals surface area (Å²) in [6, 6.07) is 7.82. The molecule has 11 heteroatoms. The van der Waals surface area contributed by atoms with Crippen LogP contribution in [0.15, 0.2) is 38.6 Å². The zero-order valence-electron chi connectivity index (χ0n) is 21.5. The van der Waals surface area contributed by atoms with Crippen LogP contribution in [0.2, 0.25) is 0 Å². The molecule has 204 valence electrons. The lowest BCUT2D eigenvalue weighted by atomic mass is 9.94. The van der Waals surface area contributed by atoms with Crippen molar-refractivity contribution in [2.75, 3.05) is 20.8 Å². The van der Waals surface area contributed by atoms with Crippen molar-refractivity contribution in [3.05, 3.63) is 40.5 Å². The van der Waals surface area contributed by atoms with Gasteiger partial charge >= 0.3 is 0 Å². The van der Waals surface area contributed by atoms with Crippen LogP contribution in [-0.2, 0) is 11.2 Å². The molecule has 1 amide bonds. The van der Waals surface area contributed by atoms with Gasteiger partial charge in [-0.05, 0) is 67.7 Å². The van der Waals surface area contributed by atoms with Crippen molar-refractivity contribution >= 4 is 58.7 Å². The lowest BCUT2D eigenvalue weighted by Gasteiger charge is -2.30. The number of amides is 1. The number of halogens is 1. The Bertz CT molecular complexity index is 1250. The zero-order chi connectivity index (χ0) is 26.1. The normalized spacial score (nSPS) is 23.2. The molecular weight excluding hydrogens is 544 g/mol. The average Bonchev–Trinajstić information content (AvgIpc) is 3.66. The maximum absolute atomic E-state index is 13.5. The number of nitrogens with two attached hydrogens (primary N) is 2. The minimum atomic E-state index is -0.0139. The van der Waals surface area contributed by atoms with Gasteiger partial charge < -0.3 is 25.4 Å². The summed E-state index contributed by atoms with van der Waals surface area (Å²) in [5, 5.41) is 0. The van der Waals surface area contributed by atoms with E-state index < -0.39 is 0 Å². The van der Waals surface area contributed by atoms with Gasteiger partial charge in [-0.2, -0.15) is 0 Å². The van der Waals surface area contributed by atoms with Gasteiger partial charge in [0.15, 0.2) is 5.96 Å². The van der Waals surface area contributed by atoms with Gasteiger partial charge in [-0.3, -0.25) is 14.7 Å². The van der Waals surface area contributed by atoms with Crippen molar-refractivity contribution in [1.29, 1.82) is 0 Å². The number of methoxy groups -OCH3 is 2. The van der Waals surface area contributed by atoms with Crippen molar-refractivity contribution in [3.63, 3.8) is 0 Å². The number of furan rings is 1. The number of carbonyl (C=O) groups is 1. The van der Waals surface area contributed by atoms with E-state index in [1.165, 1.54) is 31.0 Å². The Labute approximate surface area is 238 Å². The molecule has 2 heterocycles. The Morgan fingerprint density at radius 2 is 1.92 bits per heavy atom. The van der Waals surface area contributed by atoms with Crippen molar-refractivity contribution in [2.24, 2.45) is 28.3 Å². The van der Waals surface area contributed by atoms with E-state index >= 15 is 0 Å². The van der Waals surface area contributed by atoms with Crippen LogP contribution in [0.3, 0.4) is 0 Å². The van der Waals surface area contributed by atoms with Crippen LogP contribution in [0.4, 0.5) is 0 Å². The van der Waals surface area contributed by atoms with Gasteiger partial charge in [0, 0.05) is 30.3 Å². The number of aryl methyl sites for hydroxylation is 1. The Morgan fingerprint density at radius 3 is 2.53 bits per heavy atom. The number of thiocarbonyl (C=S) groups is 1. The summed E-state index contributed by atoms with van der Waals surface area (Å²) in [4.78, 5) is 20.1. The Balaban J connectivity index is 0.00000336. The summed E-state index contributed by atoms with van der Waals surface area (Å²) in [6.45, 7) is 0.502. The lowest BCUT2D eigenvalue weighted by molar-refractivity contribution is -0.124. The van der Waals surface area contributed by atoms with Crippen molar-refractivity contribution in [3.8, 4) is 22.8 Å². The highest BCUT2D eigenvalue weighted by molar-refractivity contribution is 8.26. The van der Waals surface area contributed by atoms with E-state index in [0.717, 1.165) is 29.9 Å². The fourth-order valence-electron chi connectivity index (χ4n) is 5.74. The van der Waals surface area contributed by atoms with E-state index in [2.05, 4.69) is 4.99 Å². The predicted molar refractivity (Wildman–Crippen MR) is 158 cm³/mol. The van der Waals surface area contributed by atoms with E-state index in [1.807, 2.05) is 35.2 Å². The number of hydrogen-bond donors (Lipinski definition) is 2. The molecule has 3 atom stereocenters. The highest BCUT2D eigenvalue weighted by Gasteiger charge is 2.48. The molecule has 1 aromatic carbocycles. The summed E-state index contributed by atoms with van der Waals surface area (Å²) in [5.74, 6) is 3.96. The van der Waals surface area contributed by atoms with Gasteiger partial charge in [0.1, 0.15) is 27.3 Å². The third-order valence-electron chi connectivity index (χ3n) is 7.49. The topological polar surface area (TPSA) is 116 Å². The number of benzene rings is 1. The number of thioether (sulfide) groups is 1. The summed E-state index contributed by atoms with van der Waals surface area (Å²) in [7, 11) is 3.22.